The van der Waals surface area contributed by atoms with Crippen LogP contribution in [0.15, 0.2) is 23.8 Å². The monoisotopic (exact) mass is 136 g/mol. The molecule has 0 saturated heterocycles. The molecule has 0 heteroatoms. The van der Waals surface area contributed by atoms with Gasteiger partial charge in [-0.2, -0.15) is 0 Å². The standard InChI is InChI=1S/C10H16/c1-9(2)8-10-6-4-3-5-7-10/h3-4,7,9H,5-6,8H2,1-2H3. The summed E-state index contributed by atoms with van der Waals surface area (Å²) in [5.41, 5.74) is 1.62. The summed E-state index contributed by atoms with van der Waals surface area (Å²) in [6.07, 6.45) is 10.5. The van der Waals surface area contributed by atoms with E-state index in [2.05, 4.69) is 32.1 Å². The molecule has 0 heterocycles. The highest BCUT2D eigenvalue weighted by atomic mass is 14.1. The van der Waals surface area contributed by atoms with Gasteiger partial charge in [0.1, 0.15) is 0 Å². The van der Waals surface area contributed by atoms with Gasteiger partial charge in [-0.15, -0.1) is 0 Å². The van der Waals surface area contributed by atoms with Gasteiger partial charge >= 0.3 is 0 Å². The molecule has 1 rings (SSSR count). The van der Waals surface area contributed by atoms with Crippen LogP contribution in [-0.2, 0) is 0 Å². The Morgan fingerprint density at radius 1 is 1.40 bits per heavy atom. The van der Waals surface area contributed by atoms with Crippen molar-refractivity contribution in [2.45, 2.75) is 33.1 Å². The smallest absolute Gasteiger partial charge is 0.0139 e. The zero-order valence-corrected chi connectivity index (χ0v) is 6.93. The Hall–Kier alpha value is -0.520. The molecule has 0 nitrogen and oxygen atoms in total. The minimum Gasteiger partial charge on any atom is -0.0844 e. The van der Waals surface area contributed by atoms with Crippen LogP contribution in [-0.4, -0.2) is 0 Å². The lowest BCUT2D eigenvalue weighted by molar-refractivity contribution is 0.632. The first kappa shape index (κ1) is 7.59. The fourth-order valence-electron chi connectivity index (χ4n) is 1.34. The van der Waals surface area contributed by atoms with Crippen LogP contribution in [0, 0.1) is 5.92 Å². The van der Waals surface area contributed by atoms with Crippen LogP contribution in [0.25, 0.3) is 0 Å². The molecule has 0 atom stereocenters. The normalized spacial score (nSPS) is 17.7. The predicted molar refractivity (Wildman–Crippen MR) is 45.9 cm³/mol. The molecule has 0 spiro atoms. The molecule has 0 radical (unpaired) electrons. The molecule has 0 N–H and O–H groups in total. The largest absolute Gasteiger partial charge is 0.0844 e. The summed E-state index contributed by atoms with van der Waals surface area (Å²) in [7, 11) is 0. The minimum absolute atomic E-state index is 0.817. The fourth-order valence-corrected chi connectivity index (χ4v) is 1.34. The average molecular weight is 136 g/mol. The van der Waals surface area contributed by atoms with Crippen LogP contribution < -0.4 is 0 Å². The Morgan fingerprint density at radius 3 is 2.70 bits per heavy atom. The van der Waals surface area contributed by atoms with E-state index in [0.717, 1.165) is 12.3 Å². The minimum atomic E-state index is 0.817. The molecule has 0 aliphatic heterocycles. The fraction of sp³-hybridized carbons (Fsp3) is 0.600. The Balaban J connectivity index is 2.34. The van der Waals surface area contributed by atoms with Gasteiger partial charge in [-0.25, -0.2) is 0 Å². The molecule has 56 valence electrons. The Morgan fingerprint density at radius 2 is 2.20 bits per heavy atom. The lowest BCUT2D eigenvalue weighted by Crippen LogP contribution is -1.92. The molecule has 0 amide bonds. The third-order valence-corrected chi connectivity index (χ3v) is 1.76. The van der Waals surface area contributed by atoms with Gasteiger partial charge in [0.05, 0.1) is 0 Å². The summed E-state index contributed by atoms with van der Waals surface area (Å²) >= 11 is 0. The van der Waals surface area contributed by atoms with Gasteiger partial charge in [-0.1, -0.05) is 37.6 Å². The van der Waals surface area contributed by atoms with Crippen molar-refractivity contribution >= 4 is 0 Å². The second-order valence-corrected chi connectivity index (χ2v) is 3.37. The van der Waals surface area contributed by atoms with Crippen molar-refractivity contribution < 1.29 is 0 Å². The number of hydrogen-bond donors (Lipinski definition) is 0. The maximum Gasteiger partial charge on any atom is -0.0139 e. The van der Waals surface area contributed by atoms with Crippen LogP contribution in [0.3, 0.4) is 0 Å². The van der Waals surface area contributed by atoms with Crippen molar-refractivity contribution in [1.29, 1.82) is 0 Å². The van der Waals surface area contributed by atoms with Crippen molar-refractivity contribution in [3.63, 3.8) is 0 Å². The highest BCUT2D eigenvalue weighted by Crippen LogP contribution is 2.18. The second kappa shape index (κ2) is 3.60. The van der Waals surface area contributed by atoms with E-state index in [1.807, 2.05) is 0 Å². The Labute approximate surface area is 63.6 Å². The SMILES string of the molecule is CC(C)CC1=CCC=CC1. The Bertz CT molecular complexity index is 149. The van der Waals surface area contributed by atoms with E-state index >= 15 is 0 Å². The average Bonchev–Trinajstić information content (AvgIpc) is 1.88. The van der Waals surface area contributed by atoms with Crippen LogP contribution >= 0.6 is 0 Å². The molecule has 0 aromatic heterocycles. The summed E-state index contributed by atoms with van der Waals surface area (Å²) in [5.74, 6) is 0.817. The van der Waals surface area contributed by atoms with Gasteiger partial charge in [0.2, 0.25) is 0 Å². The molecule has 10 heavy (non-hydrogen) atoms. The molecule has 0 fully saturated rings. The summed E-state index contributed by atoms with van der Waals surface area (Å²) in [4.78, 5) is 0. The lowest BCUT2D eigenvalue weighted by atomic mass is 9.97. The topological polar surface area (TPSA) is 0 Å². The van der Waals surface area contributed by atoms with E-state index in [4.69, 9.17) is 0 Å². The van der Waals surface area contributed by atoms with Crippen molar-refractivity contribution in [1.82, 2.24) is 0 Å². The maximum absolute atomic E-state index is 2.36. The molecule has 0 unspecified atom stereocenters. The second-order valence-electron chi connectivity index (χ2n) is 3.37. The molecule has 0 saturated carbocycles. The lowest BCUT2D eigenvalue weighted by Gasteiger charge is -2.10. The zero-order valence-electron chi connectivity index (χ0n) is 6.93. The van der Waals surface area contributed by atoms with E-state index in [0.29, 0.717) is 0 Å². The number of hydrogen-bond acceptors (Lipinski definition) is 0. The van der Waals surface area contributed by atoms with Gasteiger partial charge in [0.25, 0.3) is 0 Å². The first-order chi connectivity index (χ1) is 4.79. The van der Waals surface area contributed by atoms with Crippen LogP contribution in [0.5, 0.6) is 0 Å². The summed E-state index contributed by atoms with van der Waals surface area (Å²) in [5, 5.41) is 0. The Kier molecular flexibility index (Phi) is 2.73. The third-order valence-electron chi connectivity index (χ3n) is 1.76. The predicted octanol–water partition coefficient (Wildman–Crippen LogP) is 3.31. The molecule has 0 aromatic carbocycles. The van der Waals surface area contributed by atoms with Crippen molar-refractivity contribution in [2.24, 2.45) is 5.92 Å². The first-order valence-electron chi connectivity index (χ1n) is 4.12. The van der Waals surface area contributed by atoms with Crippen molar-refractivity contribution in [3.05, 3.63) is 23.8 Å². The highest BCUT2D eigenvalue weighted by Gasteiger charge is 2.00. The highest BCUT2D eigenvalue weighted by molar-refractivity contribution is 5.14. The van der Waals surface area contributed by atoms with Crippen molar-refractivity contribution in [3.8, 4) is 0 Å². The number of allylic oxidation sites excluding steroid dienone is 4. The third kappa shape index (κ3) is 2.38. The summed E-state index contributed by atoms with van der Waals surface area (Å²) in [6, 6.07) is 0. The van der Waals surface area contributed by atoms with E-state index in [1.54, 1.807) is 5.57 Å². The summed E-state index contributed by atoms with van der Waals surface area (Å²) < 4.78 is 0. The van der Waals surface area contributed by atoms with Crippen LogP contribution in [0.4, 0.5) is 0 Å². The van der Waals surface area contributed by atoms with E-state index in [1.165, 1.54) is 12.8 Å². The molecular formula is C10H16. The molecular weight excluding hydrogens is 120 g/mol. The molecule has 1 aliphatic carbocycles. The van der Waals surface area contributed by atoms with Crippen LogP contribution in [0.1, 0.15) is 33.1 Å². The number of rotatable bonds is 2. The van der Waals surface area contributed by atoms with Gasteiger partial charge in [0.15, 0.2) is 0 Å². The van der Waals surface area contributed by atoms with E-state index in [9.17, 15) is 0 Å². The van der Waals surface area contributed by atoms with Gasteiger partial charge < -0.3 is 0 Å². The van der Waals surface area contributed by atoms with E-state index < -0.39 is 0 Å². The summed E-state index contributed by atoms with van der Waals surface area (Å²) in [6.45, 7) is 4.55. The molecule has 0 aromatic rings. The quantitative estimate of drug-likeness (QED) is 0.511. The first-order valence-corrected chi connectivity index (χ1v) is 4.12. The van der Waals surface area contributed by atoms with Crippen molar-refractivity contribution in [2.75, 3.05) is 0 Å². The van der Waals surface area contributed by atoms with Gasteiger partial charge in [-0.05, 0) is 25.2 Å². The zero-order chi connectivity index (χ0) is 7.40. The molecule has 1 aliphatic rings. The van der Waals surface area contributed by atoms with E-state index in [-0.39, 0.29) is 0 Å². The van der Waals surface area contributed by atoms with Crippen LogP contribution in [0.2, 0.25) is 0 Å². The van der Waals surface area contributed by atoms with Gasteiger partial charge in [-0.3, -0.25) is 0 Å². The molecule has 0 bridgehead atoms. The maximum atomic E-state index is 2.36. The van der Waals surface area contributed by atoms with Gasteiger partial charge in [0, 0.05) is 0 Å².